The van der Waals surface area contributed by atoms with Gasteiger partial charge in [-0.25, -0.2) is 0 Å². The Morgan fingerprint density at radius 1 is 1.07 bits per heavy atom. The number of amides is 1. The van der Waals surface area contributed by atoms with E-state index in [9.17, 15) is 4.79 Å². The van der Waals surface area contributed by atoms with E-state index in [1.165, 1.54) is 11.8 Å². The average molecular weight is 469 g/mol. The number of thioether (sulfide) groups is 1. The molecule has 1 saturated heterocycles. The van der Waals surface area contributed by atoms with Crippen LogP contribution in [0.5, 0.6) is 0 Å². The minimum absolute atomic E-state index is 0.0841. The summed E-state index contributed by atoms with van der Waals surface area (Å²) in [6, 6.07) is 20.0. The van der Waals surface area contributed by atoms with Crippen molar-refractivity contribution in [2.24, 2.45) is 0 Å². The van der Waals surface area contributed by atoms with E-state index in [-0.39, 0.29) is 5.91 Å². The highest BCUT2D eigenvalue weighted by atomic mass is 79.9. The van der Waals surface area contributed by atoms with Crippen LogP contribution in [0, 0.1) is 0 Å². The van der Waals surface area contributed by atoms with Crippen molar-refractivity contribution in [3.05, 3.63) is 75.6 Å². The molecule has 1 aliphatic heterocycles. The molecular formula is C22H17BrN2OS2. The predicted octanol–water partition coefficient (Wildman–Crippen LogP) is 6.07. The molecule has 1 aliphatic rings. The highest BCUT2D eigenvalue weighted by Crippen LogP contribution is 2.39. The molecule has 6 heteroatoms. The second kappa shape index (κ2) is 7.70. The largest absolute Gasteiger partial charge is 0.377 e. The molecular weight excluding hydrogens is 452 g/mol. The Balaban J connectivity index is 1.71. The Morgan fingerprint density at radius 3 is 2.57 bits per heavy atom. The van der Waals surface area contributed by atoms with E-state index in [4.69, 9.17) is 12.2 Å². The number of hydrogen-bond acceptors (Lipinski definition) is 4. The molecule has 0 atom stereocenters. The fourth-order valence-corrected chi connectivity index (χ4v) is 5.24. The van der Waals surface area contributed by atoms with Gasteiger partial charge in [-0.05, 0) is 51.2 Å². The number of carbonyl (C=O) groups excluding carboxylic acids is 1. The molecule has 140 valence electrons. The lowest BCUT2D eigenvalue weighted by molar-refractivity contribution is -0.113. The van der Waals surface area contributed by atoms with Crippen LogP contribution in [0.25, 0.3) is 16.8 Å². The molecule has 4 rings (SSSR count). The van der Waals surface area contributed by atoms with Crippen LogP contribution in [0.3, 0.4) is 0 Å². The van der Waals surface area contributed by atoms with Crippen LogP contribution in [0.1, 0.15) is 5.56 Å². The number of anilines is 2. The molecule has 3 aromatic carbocycles. The zero-order valence-corrected chi connectivity index (χ0v) is 18.6. The van der Waals surface area contributed by atoms with Crippen LogP contribution < -0.4 is 9.80 Å². The number of fused-ring (bicyclic) bond motifs is 1. The van der Waals surface area contributed by atoms with Crippen LogP contribution in [-0.4, -0.2) is 24.3 Å². The summed E-state index contributed by atoms with van der Waals surface area (Å²) in [4.78, 5) is 17.5. The van der Waals surface area contributed by atoms with E-state index in [1.807, 2.05) is 85.7 Å². The number of carbonyl (C=O) groups is 1. The molecule has 0 aliphatic carbocycles. The van der Waals surface area contributed by atoms with Crippen molar-refractivity contribution in [2.45, 2.75) is 0 Å². The third-order valence-electron chi connectivity index (χ3n) is 4.55. The number of hydrogen-bond donors (Lipinski definition) is 0. The molecule has 0 N–H and O–H groups in total. The topological polar surface area (TPSA) is 23.6 Å². The van der Waals surface area contributed by atoms with Crippen LogP contribution in [-0.2, 0) is 4.79 Å². The summed E-state index contributed by atoms with van der Waals surface area (Å²) in [5.41, 5.74) is 2.87. The summed E-state index contributed by atoms with van der Waals surface area (Å²) in [6.45, 7) is 0. The van der Waals surface area contributed by atoms with Gasteiger partial charge >= 0.3 is 0 Å². The molecule has 1 fully saturated rings. The zero-order valence-electron chi connectivity index (χ0n) is 15.3. The van der Waals surface area contributed by atoms with E-state index in [2.05, 4.69) is 15.9 Å². The Hall–Kier alpha value is -2.15. The summed E-state index contributed by atoms with van der Waals surface area (Å²) in [5, 5.41) is 2.10. The normalized spacial score (nSPS) is 15.7. The Kier molecular flexibility index (Phi) is 5.27. The van der Waals surface area contributed by atoms with Gasteiger partial charge in [0.15, 0.2) is 4.32 Å². The van der Waals surface area contributed by atoms with Crippen LogP contribution in [0.15, 0.2) is 70.0 Å². The summed E-state index contributed by atoms with van der Waals surface area (Å²) < 4.78 is 1.53. The SMILES string of the molecule is CN(C)c1ccc(/C=C2/SC(=S)N(c3cccc4ccccc34)C2=O)cc1Br. The first kappa shape index (κ1) is 19.2. The van der Waals surface area contributed by atoms with E-state index in [1.54, 1.807) is 4.90 Å². The summed E-state index contributed by atoms with van der Waals surface area (Å²) in [7, 11) is 3.99. The molecule has 28 heavy (non-hydrogen) atoms. The molecule has 0 aromatic heterocycles. The van der Waals surface area contributed by atoms with Crippen molar-refractivity contribution < 1.29 is 4.79 Å². The van der Waals surface area contributed by atoms with Gasteiger partial charge in [-0.3, -0.25) is 9.69 Å². The maximum absolute atomic E-state index is 13.2. The molecule has 0 unspecified atom stereocenters. The van der Waals surface area contributed by atoms with Crippen molar-refractivity contribution in [2.75, 3.05) is 23.9 Å². The van der Waals surface area contributed by atoms with Gasteiger partial charge in [0.2, 0.25) is 0 Å². The summed E-state index contributed by atoms with van der Waals surface area (Å²) in [6.07, 6.45) is 1.90. The van der Waals surface area contributed by atoms with E-state index in [0.29, 0.717) is 9.23 Å². The van der Waals surface area contributed by atoms with E-state index in [0.717, 1.165) is 32.2 Å². The number of benzene rings is 3. The predicted molar refractivity (Wildman–Crippen MR) is 128 cm³/mol. The zero-order chi connectivity index (χ0) is 19.8. The van der Waals surface area contributed by atoms with Crippen molar-refractivity contribution in [3.63, 3.8) is 0 Å². The number of rotatable bonds is 3. The van der Waals surface area contributed by atoms with Gasteiger partial charge in [-0.2, -0.15) is 0 Å². The van der Waals surface area contributed by atoms with Gasteiger partial charge in [-0.15, -0.1) is 0 Å². The third-order valence-corrected chi connectivity index (χ3v) is 6.49. The second-order valence-electron chi connectivity index (χ2n) is 6.62. The van der Waals surface area contributed by atoms with Crippen molar-refractivity contribution in [3.8, 4) is 0 Å². The maximum Gasteiger partial charge on any atom is 0.270 e. The number of nitrogens with zero attached hydrogens (tertiary/aromatic N) is 2. The highest BCUT2D eigenvalue weighted by Gasteiger charge is 2.34. The van der Waals surface area contributed by atoms with Gasteiger partial charge < -0.3 is 4.90 Å². The van der Waals surface area contributed by atoms with E-state index >= 15 is 0 Å². The monoisotopic (exact) mass is 468 g/mol. The lowest BCUT2D eigenvalue weighted by Gasteiger charge is -2.17. The molecule has 1 heterocycles. The average Bonchev–Trinajstić information content (AvgIpc) is 2.94. The highest BCUT2D eigenvalue weighted by molar-refractivity contribution is 9.10. The van der Waals surface area contributed by atoms with Gasteiger partial charge in [0.05, 0.1) is 16.3 Å². The number of halogens is 1. The molecule has 1 amide bonds. The summed E-state index contributed by atoms with van der Waals surface area (Å²) >= 11 is 10.5. The van der Waals surface area contributed by atoms with Gasteiger partial charge in [0.25, 0.3) is 5.91 Å². The Bertz CT molecular complexity index is 1140. The Morgan fingerprint density at radius 2 is 1.82 bits per heavy atom. The quantitative estimate of drug-likeness (QED) is 0.343. The first-order valence-electron chi connectivity index (χ1n) is 8.68. The minimum atomic E-state index is -0.0841. The van der Waals surface area contributed by atoms with Crippen LogP contribution in [0.2, 0.25) is 0 Å². The van der Waals surface area contributed by atoms with Gasteiger partial charge in [-0.1, -0.05) is 66.4 Å². The fraction of sp³-hybridized carbons (Fsp3) is 0.0909. The molecule has 0 spiro atoms. The molecule has 3 nitrogen and oxygen atoms in total. The van der Waals surface area contributed by atoms with Crippen molar-refractivity contribution >= 4 is 78.4 Å². The first-order chi connectivity index (χ1) is 13.5. The van der Waals surface area contributed by atoms with Gasteiger partial charge in [0.1, 0.15) is 0 Å². The third kappa shape index (κ3) is 3.48. The Labute approximate surface area is 182 Å². The lowest BCUT2D eigenvalue weighted by Crippen LogP contribution is -2.27. The maximum atomic E-state index is 13.2. The van der Waals surface area contributed by atoms with E-state index < -0.39 is 0 Å². The number of thiocarbonyl (C=S) groups is 1. The molecule has 0 radical (unpaired) electrons. The minimum Gasteiger partial charge on any atom is -0.377 e. The molecule has 0 bridgehead atoms. The molecule has 0 saturated carbocycles. The van der Waals surface area contributed by atoms with Crippen molar-refractivity contribution in [1.29, 1.82) is 0 Å². The first-order valence-corrected chi connectivity index (χ1v) is 10.7. The van der Waals surface area contributed by atoms with Gasteiger partial charge in [0, 0.05) is 24.0 Å². The molecule has 3 aromatic rings. The summed E-state index contributed by atoms with van der Waals surface area (Å²) in [5.74, 6) is -0.0841. The smallest absolute Gasteiger partial charge is 0.270 e. The fourth-order valence-electron chi connectivity index (χ4n) is 3.21. The van der Waals surface area contributed by atoms with Crippen LogP contribution in [0.4, 0.5) is 11.4 Å². The second-order valence-corrected chi connectivity index (χ2v) is 9.15. The van der Waals surface area contributed by atoms with Crippen molar-refractivity contribution in [1.82, 2.24) is 0 Å². The van der Waals surface area contributed by atoms with Crippen LogP contribution >= 0.6 is 39.9 Å². The standard InChI is InChI=1S/C22H17BrN2OS2/c1-24(2)19-11-10-14(12-17(19)23)13-20-21(26)25(22(27)28-20)18-9-5-7-15-6-3-4-8-16(15)18/h3-13H,1-2H3/b20-13+. The lowest BCUT2D eigenvalue weighted by atomic mass is 10.1.